The van der Waals surface area contributed by atoms with Crippen LogP contribution in [0.5, 0.6) is 0 Å². The van der Waals surface area contributed by atoms with Crippen LogP contribution in [0.15, 0.2) is 18.3 Å². The van der Waals surface area contributed by atoms with Gasteiger partial charge in [-0.05, 0) is 19.2 Å². The van der Waals surface area contributed by atoms with Crippen LogP contribution in [-0.4, -0.2) is 55.2 Å². The summed E-state index contributed by atoms with van der Waals surface area (Å²) in [7, 11) is 2.03. The Morgan fingerprint density at radius 3 is 2.40 bits per heavy atom. The Labute approximate surface area is 114 Å². The number of rotatable bonds is 2. The van der Waals surface area contributed by atoms with Crippen LogP contribution in [0.4, 0.5) is 24.7 Å². The van der Waals surface area contributed by atoms with E-state index >= 15 is 0 Å². The molecular formula is C12H15F3N4O. The third-order valence-corrected chi connectivity index (χ3v) is 3.09. The molecule has 0 bridgehead atoms. The number of likely N-dealkylation sites (N-methyl/N-ethyl adjacent to an activating group) is 1. The molecule has 1 aliphatic rings. The number of aromatic nitrogens is 1. The highest BCUT2D eigenvalue weighted by atomic mass is 19.4. The maximum atomic E-state index is 12.1. The van der Waals surface area contributed by atoms with Crippen molar-refractivity contribution in [1.82, 2.24) is 9.88 Å². The SMILES string of the molecule is CN1CCN(c2ccc(NC(=O)C(F)(F)F)cn2)CC1. The van der Waals surface area contributed by atoms with Gasteiger partial charge in [0.1, 0.15) is 5.82 Å². The molecule has 1 N–H and O–H groups in total. The van der Waals surface area contributed by atoms with Gasteiger partial charge in [-0.15, -0.1) is 0 Å². The number of hydrogen-bond acceptors (Lipinski definition) is 4. The molecule has 0 spiro atoms. The number of piperazine rings is 1. The van der Waals surface area contributed by atoms with Gasteiger partial charge < -0.3 is 15.1 Å². The number of alkyl halides is 3. The summed E-state index contributed by atoms with van der Waals surface area (Å²) in [6, 6.07) is 3.03. The Morgan fingerprint density at radius 2 is 1.90 bits per heavy atom. The molecule has 110 valence electrons. The first-order valence-electron chi connectivity index (χ1n) is 6.14. The van der Waals surface area contributed by atoms with E-state index in [1.165, 1.54) is 12.3 Å². The van der Waals surface area contributed by atoms with E-state index in [0.717, 1.165) is 26.2 Å². The average molecular weight is 288 g/mol. The molecule has 0 unspecified atom stereocenters. The van der Waals surface area contributed by atoms with Crippen molar-refractivity contribution in [3.8, 4) is 0 Å². The van der Waals surface area contributed by atoms with Crippen molar-refractivity contribution in [2.24, 2.45) is 0 Å². The van der Waals surface area contributed by atoms with Crippen molar-refractivity contribution in [2.45, 2.75) is 6.18 Å². The summed E-state index contributed by atoms with van der Waals surface area (Å²) in [5.41, 5.74) is 0.0326. The summed E-state index contributed by atoms with van der Waals surface area (Å²) < 4.78 is 36.3. The average Bonchev–Trinajstić information content (AvgIpc) is 2.39. The largest absolute Gasteiger partial charge is 0.471 e. The van der Waals surface area contributed by atoms with E-state index in [1.807, 2.05) is 7.05 Å². The summed E-state index contributed by atoms with van der Waals surface area (Å²) >= 11 is 0. The predicted molar refractivity (Wildman–Crippen MR) is 68.6 cm³/mol. The number of nitrogens with zero attached hydrogens (tertiary/aromatic N) is 3. The summed E-state index contributed by atoms with van der Waals surface area (Å²) in [6.45, 7) is 3.46. The number of carbonyl (C=O) groups is 1. The Bertz CT molecular complexity index is 467. The minimum Gasteiger partial charge on any atom is -0.354 e. The Balaban J connectivity index is 1.98. The molecule has 20 heavy (non-hydrogen) atoms. The van der Waals surface area contributed by atoms with Crippen molar-refractivity contribution in [3.63, 3.8) is 0 Å². The van der Waals surface area contributed by atoms with Gasteiger partial charge in [-0.2, -0.15) is 13.2 Å². The van der Waals surface area contributed by atoms with Crippen LogP contribution in [0, 0.1) is 0 Å². The van der Waals surface area contributed by atoms with Crippen molar-refractivity contribution in [1.29, 1.82) is 0 Å². The Kier molecular flexibility index (Phi) is 4.12. The van der Waals surface area contributed by atoms with E-state index in [4.69, 9.17) is 0 Å². The second-order valence-corrected chi connectivity index (χ2v) is 4.65. The van der Waals surface area contributed by atoms with Crippen molar-refractivity contribution in [2.75, 3.05) is 43.4 Å². The van der Waals surface area contributed by atoms with E-state index in [0.29, 0.717) is 5.82 Å². The predicted octanol–water partition coefficient (Wildman–Crippen LogP) is 1.33. The molecule has 0 atom stereocenters. The number of halogens is 3. The zero-order chi connectivity index (χ0) is 14.8. The van der Waals surface area contributed by atoms with E-state index in [2.05, 4.69) is 14.8 Å². The monoisotopic (exact) mass is 288 g/mol. The van der Waals surface area contributed by atoms with E-state index in [9.17, 15) is 18.0 Å². The minimum atomic E-state index is -4.89. The van der Waals surface area contributed by atoms with Gasteiger partial charge in [0.15, 0.2) is 0 Å². The van der Waals surface area contributed by atoms with Gasteiger partial charge in [-0.25, -0.2) is 4.98 Å². The maximum absolute atomic E-state index is 12.1. The quantitative estimate of drug-likeness (QED) is 0.892. The lowest BCUT2D eigenvalue weighted by atomic mass is 10.3. The molecule has 1 saturated heterocycles. The van der Waals surface area contributed by atoms with Crippen molar-refractivity contribution >= 4 is 17.4 Å². The van der Waals surface area contributed by atoms with Gasteiger partial charge in [0.05, 0.1) is 11.9 Å². The number of carbonyl (C=O) groups excluding carboxylic acids is 1. The normalized spacial score (nSPS) is 17.1. The lowest BCUT2D eigenvalue weighted by molar-refractivity contribution is -0.167. The van der Waals surface area contributed by atoms with Gasteiger partial charge in [-0.1, -0.05) is 0 Å². The minimum absolute atomic E-state index is 0.0326. The zero-order valence-electron chi connectivity index (χ0n) is 10.9. The molecule has 0 aromatic carbocycles. The molecule has 1 fully saturated rings. The first-order chi connectivity index (χ1) is 9.36. The molecule has 1 aromatic heterocycles. The van der Waals surface area contributed by atoms with Crippen molar-refractivity contribution in [3.05, 3.63) is 18.3 Å². The topological polar surface area (TPSA) is 48.5 Å². The highest BCUT2D eigenvalue weighted by molar-refractivity contribution is 5.94. The van der Waals surface area contributed by atoms with E-state index in [1.54, 1.807) is 11.4 Å². The number of anilines is 2. The van der Waals surface area contributed by atoms with Gasteiger partial charge in [0.25, 0.3) is 0 Å². The second-order valence-electron chi connectivity index (χ2n) is 4.65. The number of hydrogen-bond donors (Lipinski definition) is 1. The summed E-state index contributed by atoms with van der Waals surface area (Å²) in [5, 5.41) is 1.77. The van der Waals surface area contributed by atoms with Gasteiger partial charge in [0.2, 0.25) is 0 Å². The van der Waals surface area contributed by atoms with Crippen LogP contribution in [0.2, 0.25) is 0 Å². The van der Waals surface area contributed by atoms with Crippen LogP contribution in [0.3, 0.4) is 0 Å². The van der Waals surface area contributed by atoms with Crippen LogP contribution < -0.4 is 10.2 Å². The summed E-state index contributed by atoms with van der Waals surface area (Å²) in [5.74, 6) is -1.30. The summed E-state index contributed by atoms with van der Waals surface area (Å²) in [4.78, 5) is 19.1. The fraction of sp³-hybridized carbons (Fsp3) is 0.500. The van der Waals surface area contributed by atoms with Crippen LogP contribution in [0.1, 0.15) is 0 Å². The number of pyridine rings is 1. The Hall–Kier alpha value is -1.83. The third kappa shape index (κ3) is 3.60. The van der Waals surface area contributed by atoms with E-state index < -0.39 is 12.1 Å². The number of amides is 1. The smallest absolute Gasteiger partial charge is 0.354 e. The molecule has 5 nitrogen and oxygen atoms in total. The molecule has 0 radical (unpaired) electrons. The number of nitrogens with one attached hydrogen (secondary N) is 1. The standard InChI is InChI=1S/C12H15F3N4O/c1-18-4-6-19(7-5-18)10-3-2-9(8-16-10)17-11(20)12(13,14)15/h2-3,8H,4-7H2,1H3,(H,17,20). The first kappa shape index (κ1) is 14.6. The molecular weight excluding hydrogens is 273 g/mol. The molecule has 1 amide bonds. The van der Waals surface area contributed by atoms with E-state index in [-0.39, 0.29) is 5.69 Å². The van der Waals surface area contributed by atoms with Gasteiger partial charge in [0, 0.05) is 26.2 Å². The van der Waals surface area contributed by atoms with Crippen molar-refractivity contribution < 1.29 is 18.0 Å². The van der Waals surface area contributed by atoms with Gasteiger partial charge >= 0.3 is 12.1 Å². The first-order valence-corrected chi connectivity index (χ1v) is 6.14. The molecule has 1 aromatic rings. The highest BCUT2D eigenvalue weighted by Gasteiger charge is 2.38. The highest BCUT2D eigenvalue weighted by Crippen LogP contribution is 2.19. The fourth-order valence-corrected chi connectivity index (χ4v) is 1.88. The maximum Gasteiger partial charge on any atom is 0.471 e. The summed E-state index contributed by atoms with van der Waals surface area (Å²) in [6.07, 6.45) is -3.66. The third-order valence-electron chi connectivity index (χ3n) is 3.09. The molecule has 0 aliphatic carbocycles. The van der Waals surface area contributed by atoms with Gasteiger partial charge in [-0.3, -0.25) is 4.79 Å². The van der Waals surface area contributed by atoms with Crippen LogP contribution in [-0.2, 0) is 4.79 Å². The fourth-order valence-electron chi connectivity index (χ4n) is 1.88. The molecule has 8 heteroatoms. The Morgan fingerprint density at radius 1 is 1.25 bits per heavy atom. The van der Waals surface area contributed by atoms with Crippen LogP contribution in [0.25, 0.3) is 0 Å². The lowest BCUT2D eigenvalue weighted by Gasteiger charge is -2.33. The molecule has 2 rings (SSSR count). The molecule has 0 saturated carbocycles. The molecule has 1 aliphatic heterocycles. The van der Waals surface area contributed by atoms with Crippen LogP contribution >= 0.6 is 0 Å². The molecule has 2 heterocycles. The lowest BCUT2D eigenvalue weighted by Crippen LogP contribution is -2.44. The second kappa shape index (κ2) is 5.66. The zero-order valence-corrected chi connectivity index (χ0v) is 10.9.